The highest BCUT2D eigenvalue weighted by atomic mass is 35.5. The first-order chi connectivity index (χ1) is 13.0. The minimum atomic E-state index is -0.512. The van der Waals surface area contributed by atoms with Gasteiger partial charge in [0.2, 0.25) is 0 Å². The Morgan fingerprint density at radius 2 is 1.89 bits per heavy atom. The minimum Gasteiger partial charge on any atom is -0.497 e. The number of amides is 1. The average molecular weight is 387 g/mol. The lowest BCUT2D eigenvalue weighted by atomic mass is 10.2. The highest BCUT2D eigenvalue weighted by Crippen LogP contribution is 2.20. The summed E-state index contributed by atoms with van der Waals surface area (Å²) in [4.78, 5) is 24.6. The normalized spacial score (nSPS) is 10.5. The number of nitrogens with zero attached hydrogens (tertiary/aromatic N) is 1. The van der Waals surface area contributed by atoms with Gasteiger partial charge in [-0.25, -0.2) is 4.39 Å². The van der Waals surface area contributed by atoms with Crippen molar-refractivity contribution in [3.8, 4) is 5.75 Å². The molecule has 0 saturated heterocycles. The maximum atomic E-state index is 14.0. The summed E-state index contributed by atoms with van der Waals surface area (Å²) in [6, 6.07) is 13.8. The molecule has 138 valence electrons. The molecule has 27 heavy (non-hydrogen) atoms. The third kappa shape index (κ3) is 4.35. The maximum absolute atomic E-state index is 14.0. The van der Waals surface area contributed by atoms with Crippen molar-refractivity contribution in [2.24, 2.45) is 0 Å². The Hall–Kier alpha value is -3.12. The first kappa shape index (κ1) is 18.7. The molecule has 2 aromatic carbocycles. The zero-order chi connectivity index (χ0) is 19.4. The maximum Gasteiger partial charge on any atom is 0.257 e. The molecule has 0 saturated carbocycles. The SMILES string of the molecule is COc1ccc(NC(=O)c2ccc(=O)n(Cc3c(F)cccc3Cl)c2)cc1. The fraction of sp³-hybridized carbons (Fsp3) is 0.100. The number of nitrogens with one attached hydrogen (secondary N) is 1. The van der Waals surface area contributed by atoms with Crippen LogP contribution >= 0.6 is 11.6 Å². The third-order valence-corrected chi connectivity index (χ3v) is 4.34. The van der Waals surface area contributed by atoms with Gasteiger partial charge in [-0.2, -0.15) is 0 Å². The summed E-state index contributed by atoms with van der Waals surface area (Å²) in [5, 5.41) is 2.95. The van der Waals surface area contributed by atoms with Gasteiger partial charge in [0.05, 0.1) is 19.2 Å². The molecular weight excluding hydrogens is 371 g/mol. The van der Waals surface area contributed by atoms with Crippen LogP contribution in [0, 0.1) is 5.82 Å². The second-order valence-corrected chi connectivity index (χ2v) is 6.17. The second-order valence-electron chi connectivity index (χ2n) is 5.77. The van der Waals surface area contributed by atoms with Crippen LogP contribution in [0.4, 0.5) is 10.1 Å². The van der Waals surface area contributed by atoms with Crippen molar-refractivity contribution in [2.45, 2.75) is 6.54 Å². The van der Waals surface area contributed by atoms with E-state index < -0.39 is 11.7 Å². The molecule has 1 amide bonds. The first-order valence-corrected chi connectivity index (χ1v) is 8.44. The smallest absolute Gasteiger partial charge is 0.257 e. The molecule has 0 aliphatic heterocycles. The number of hydrogen-bond acceptors (Lipinski definition) is 3. The molecule has 1 N–H and O–H groups in total. The summed E-state index contributed by atoms with van der Waals surface area (Å²) >= 11 is 6.02. The van der Waals surface area contributed by atoms with Crippen molar-refractivity contribution >= 4 is 23.2 Å². The third-order valence-electron chi connectivity index (χ3n) is 3.98. The molecule has 0 unspecified atom stereocenters. The van der Waals surface area contributed by atoms with Crippen molar-refractivity contribution < 1.29 is 13.9 Å². The zero-order valence-corrected chi connectivity index (χ0v) is 15.2. The topological polar surface area (TPSA) is 60.3 Å². The van der Waals surface area contributed by atoms with Crippen LogP contribution in [-0.4, -0.2) is 17.6 Å². The van der Waals surface area contributed by atoms with E-state index in [2.05, 4.69) is 5.32 Å². The monoisotopic (exact) mass is 386 g/mol. The Balaban J connectivity index is 1.83. The number of anilines is 1. The molecule has 0 radical (unpaired) electrons. The van der Waals surface area contributed by atoms with Crippen LogP contribution in [0.25, 0.3) is 0 Å². The Morgan fingerprint density at radius 1 is 1.15 bits per heavy atom. The summed E-state index contributed by atoms with van der Waals surface area (Å²) in [5.41, 5.74) is 0.665. The second kappa shape index (κ2) is 8.05. The van der Waals surface area contributed by atoms with E-state index in [0.29, 0.717) is 11.4 Å². The molecule has 3 aromatic rings. The largest absolute Gasteiger partial charge is 0.497 e. The van der Waals surface area contributed by atoms with Gasteiger partial charge in [-0.15, -0.1) is 0 Å². The van der Waals surface area contributed by atoms with E-state index in [-0.39, 0.29) is 28.3 Å². The van der Waals surface area contributed by atoms with Gasteiger partial charge < -0.3 is 14.6 Å². The van der Waals surface area contributed by atoms with Gasteiger partial charge in [-0.3, -0.25) is 9.59 Å². The molecule has 0 aliphatic carbocycles. The molecule has 1 heterocycles. The summed E-state index contributed by atoms with van der Waals surface area (Å²) in [6.07, 6.45) is 1.38. The molecule has 0 atom stereocenters. The molecule has 1 aromatic heterocycles. The van der Waals surface area contributed by atoms with E-state index in [4.69, 9.17) is 16.3 Å². The standard InChI is InChI=1S/C20H16ClFN2O3/c1-27-15-8-6-14(7-9-15)23-20(26)13-5-10-19(25)24(11-13)12-16-17(21)3-2-4-18(16)22/h2-11H,12H2,1H3,(H,23,26). The average Bonchev–Trinajstić information content (AvgIpc) is 2.66. The van der Waals surface area contributed by atoms with Gasteiger partial charge in [0, 0.05) is 28.5 Å². The quantitative estimate of drug-likeness (QED) is 0.722. The van der Waals surface area contributed by atoms with E-state index in [1.54, 1.807) is 37.4 Å². The Kier molecular flexibility index (Phi) is 5.57. The highest BCUT2D eigenvalue weighted by Gasteiger charge is 2.12. The predicted molar refractivity (Wildman–Crippen MR) is 102 cm³/mol. The number of ether oxygens (including phenoxy) is 1. The van der Waals surface area contributed by atoms with Gasteiger partial charge in [0.1, 0.15) is 11.6 Å². The molecule has 3 rings (SSSR count). The lowest BCUT2D eigenvalue weighted by Crippen LogP contribution is -2.23. The van der Waals surface area contributed by atoms with E-state index in [1.165, 1.54) is 35.0 Å². The van der Waals surface area contributed by atoms with Gasteiger partial charge in [0.15, 0.2) is 0 Å². The number of carbonyl (C=O) groups excluding carboxylic acids is 1. The number of methoxy groups -OCH3 is 1. The van der Waals surface area contributed by atoms with Crippen molar-refractivity contribution in [2.75, 3.05) is 12.4 Å². The Bertz CT molecular complexity index is 1010. The number of carbonyl (C=O) groups is 1. The van der Waals surface area contributed by atoms with Gasteiger partial charge in [-0.05, 0) is 42.5 Å². The number of halogens is 2. The highest BCUT2D eigenvalue weighted by molar-refractivity contribution is 6.31. The fourth-order valence-electron chi connectivity index (χ4n) is 2.52. The summed E-state index contributed by atoms with van der Waals surface area (Å²) in [5.74, 6) is -0.237. The number of hydrogen-bond donors (Lipinski definition) is 1. The number of benzene rings is 2. The van der Waals surface area contributed by atoms with E-state index in [9.17, 15) is 14.0 Å². The molecule has 5 nitrogen and oxygen atoms in total. The van der Waals surface area contributed by atoms with Crippen molar-refractivity contribution in [3.05, 3.63) is 93.1 Å². The lowest BCUT2D eigenvalue weighted by molar-refractivity contribution is 0.102. The van der Waals surface area contributed by atoms with Crippen LogP contribution in [0.1, 0.15) is 15.9 Å². The van der Waals surface area contributed by atoms with Gasteiger partial charge in [-0.1, -0.05) is 17.7 Å². The summed E-state index contributed by atoms with van der Waals surface area (Å²) in [7, 11) is 1.55. The van der Waals surface area contributed by atoms with Gasteiger partial charge >= 0.3 is 0 Å². The molecule has 0 fully saturated rings. The first-order valence-electron chi connectivity index (χ1n) is 8.06. The molecule has 0 spiro atoms. The number of rotatable bonds is 5. The summed E-state index contributed by atoms with van der Waals surface area (Å²) in [6.45, 7) is -0.0754. The van der Waals surface area contributed by atoms with Crippen LogP contribution in [0.3, 0.4) is 0 Å². The van der Waals surface area contributed by atoms with E-state index in [0.717, 1.165) is 0 Å². The van der Waals surface area contributed by atoms with Crippen molar-refractivity contribution in [3.63, 3.8) is 0 Å². The van der Waals surface area contributed by atoms with Crippen LogP contribution < -0.4 is 15.6 Å². The summed E-state index contributed by atoms with van der Waals surface area (Å²) < 4.78 is 20.3. The fourth-order valence-corrected chi connectivity index (χ4v) is 2.74. The van der Waals surface area contributed by atoms with Crippen LogP contribution in [0.2, 0.25) is 5.02 Å². The number of pyridine rings is 1. The lowest BCUT2D eigenvalue weighted by Gasteiger charge is -2.11. The zero-order valence-electron chi connectivity index (χ0n) is 14.4. The Morgan fingerprint density at radius 3 is 2.56 bits per heavy atom. The molecule has 7 heteroatoms. The van der Waals surface area contributed by atoms with Crippen molar-refractivity contribution in [1.82, 2.24) is 4.57 Å². The minimum absolute atomic E-state index is 0.0754. The molecular formula is C20H16ClFN2O3. The van der Waals surface area contributed by atoms with Crippen LogP contribution in [0.5, 0.6) is 5.75 Å². The van der Waals surface area contributed by atoms with E-state index >= 15 is 0 Å². The van der Waals surface area contributed by atoms with Crippen molar-refractivity contribution in [1.29, 1.82) is 0 Å². The Labute approximate surface area is 160 Å². The van der Waals surface area contributed by atoms with Crippen LogP contribution in [-0.2, 0) is 6.54 Å². The van der Waals surface area contributed by atoms with Crippen LogP contribution in [0.15, 0.2) is 65.6 Å². The number of aromatic nitrogens is 1. The predicted octanol–water partition coefficient (Wildman–Crippen LogP) is 3.95. The molecule has 0 bridgehead atoms. The molecule has 0 aliphatic rings. The van der Waals surface area contributed by atoms with Gasteiger partial charge in [0.25, 0.3) is 11.5 Å². The van der Waals surface area contributed by atoms with E-state index in [1.807, 2.05) is 0 Å².